The second-order valence-corrected chi connectivity index (χ2v) is 6.64. The van der Waals surface area contributed by atoms with Crippen molar-refractivity contribution < 1.29 is 14.4 Å². The van der Waals surface area contributed by atoms with Gasteiger partial charge >= 0.3 is 0 Å². The molecular formula is C17H17BrN4O3. The molecule has 2 heterocycles. The van der Waals surface area contributed by atoms with Crippen LogP contribution < -0.4 is 16.0 Å². The number of nitrogens with zero attached hydrogens (tertiary/aromatic N) is 3. The minimum absolute atomic E-state index is 0. The van der Waals surface area contributed by atoms with Crippen LogP contribution in [0.15, 0.2) is 51.7 Å². The molecule has 130 valence electrons. The van der Waals surface area contributed by atoms with Crippen molar-refractivity contribution in [3.63, 3.8) is 0 Å². The van der Waals surface area contributed by atoms with E-state index >= 15 is 0 Å². The van der Waals surface area contributed by atoms with Gasteiger partial charge in [0.2, 0.25) is 5.88 Å². The maximum atomic E-state index is 11.0. The number of rotatable bonds is 4. The monoisotopic (exact) mass is 404 g/mol. The molecule has 3 aromatic rings. The molecule has 7 nitrogen and oxygen atoms in total. The van der Waals surface area contributed by atoms with Crippen LogP contribution >= 0.6 is 15.9 Å². The van der Waals surface area contributed by atoms with E-state index in [1.165, 1.54) is 24.0 Å². The number of quaternary nitrogens is 1. The van der Waals surface area contributed by atoms with Gasteiger partial charge in [0.1, 0.15) is 11.8 Å². The highest BCUT2D eigenvalue weighted by molar-refractivity contribution is 9.10. The lowest BCUT2D eigenvalue weighted by Gasteiger charge is -2.35. The summed E-state index contributed by atoms with van der Waals surface area (Å²) in [4.78, 5) is 8.41. The topological polar surface area (TPSA) is 121 Å². The van der Waals surface area contributed by atoms with Crippen molar-refractivity contribution in [3.05, 3.63) is 52.8 Å². The van der Waals surface area contributed by atoms with Crippen molar-refractivity contribution in [3.8, 4) is 23.2 Å². The fourth-order valence-electron chi connectivity index (χ4n) is 2.72. The van der Waals surface area contributed by atoms with Gasteiger partial charge in [-0.25, -0.2) is 9.97 Å². The number of hydrogen-bond donors (Lipinski definition) is 1. The molecule has 0 amide bonds. The van der Waals surface area contributed by atoms with E-state index in [1.807, 2.05) is 0 Å². The smallest absolute Gasteiger partial charge is 0.232 e. The summed E-state index contributed by atoms with van der Waals surface area (Å²) in [6.45, 7) is 0. The third-order valence-electron chi connectivity index (χ3n) is 4.09. The fourth-order valence-corrected chi connectivity index (χ4v) is 2.99. The normalized spacial score (nSPS) is 18.9. The molecule has 0 aliphatic heterocycles. The maximum absolute atomic E-state index is 11.0. The highest BCUT2D eigenvalue weighted by atomic mass is 79.9. The van der Waals surface area contributed by atoms with Crippen molar-refractivity contribution in [2.45, 2.75) is 24.9 Å². The van der Waals surface area contributed by atoms with Crippen LogP contribution in [0.2, 0.25) is 0 Å². The van der Waals surface area contributed by atoms with Gasteiger partial charge in [-0.05, 0) is 36.5 Å². The molecule has 0 bridgehead atoms. The minimum atomic E-state index is -0.430. The summed E-state index contributed by atoms with van der Waals surface area (Å²) in [5, 5.41) is 14.3. The lowest BCUT2D eigenvalue weighted by Crippen LogP contribution is -2.32. The molecular weight excluding hydrogens is 388 g/mol. The Labute approximate surface area is 152 Å². The lowest BCUT2D eigenvalue weighted by atomic mass is 9.77. The van der Waals surface area contributed by atoms with E-state index in [2.05, 4.69) is 55.3 Å². The van der Waals surface area contributed by atoms with Crippen LogP contribution in [0.25, 0.3) is 11.5 Å². The Bertz CT molecular complexity index is 830. The summed E-state index contributed by atoms with van der Waals surface area (Å²) in [5.41, 5.74) is 1.79. The molecule has 0 radical (unpaired) electrons. The molecule has 1 saturated carbocycles. The SMILES string of the molecule is [NH4+].[O-]c1cc(-c2cnc(OC3CC(c4ccc(Br)cc4)C3)cn2)on1. The number of benzene rings is 1. The molecule has 0 spiro atoms. The van der Waals surface area contributed by atoms with Gasteiger partial charge in [0.25, 0.3) is 0 Å². The van der Waals surface area contributed by atoms with Crippen molar-refractivity contribution >= 4 is 15.9 Å². The molecule has 0 unspecified atom stereocenters. The average molecular weight is 405 g/mol. The van der Waals surface area contributed by atoms with Crippen LogP contribution in [0.5, 0.6) is 11.8 Å². The molecule has 1 aliphatic rings. The summed E-state index contributed by atoms with van der Waals surface area (Å²) in [7, 11) is 0. The molecule has 4 rings (SSSR count). The molecule has 0 atom stereocenters. The van der Waals surface area contributed by atoms with Gasteiger partial charge in [0, 0.05) is 16.4 Å². The molecule has 8 heteroatoms. The molecule has 4 N–H and O–H groups in total. The van der Waals surface area contributed by atoms with Gasteiger partial charge in [0.15, 0.2) is 5.76 Å². The van der Waals surface area contributed by atoms with Crippen molar-refractivity contribution in [2.75, 3.05) is 0 Å². The van der Waals surface area contributed by atoms with Gasteiger partial charge in [-0.1, -0.05) is 33.2 Å². The van der Waals surface area contributed by atoms with E-state index in [-0.39, 0.29) is 12.3 Å². The minimum Gasteiger partial charge on any atom is -0.856 e. The molecule has 0 saturated heterocycles. The Balaban J connectivity index is 0.00000182. The van der Waals surface area contributed by atoms with E-state index in [0.29, 0.717) is 23.3 Å². The summed E-state index contributed by atoms with van der Waals surface area (Å²) < 4.78 is 11.8. The number of aromatic nitrogens is 3. The summed E-state index contributed by atoms with van der Waals surface area (Å²) in [6, 6.07) is 9.68. The molecule has 2 aromatic heterocycles. The zero-order valence-electron chi connectivity index (χ0n) is 13.6. The van der Waals surface area contributed by atoms with Crippen LogP contribution in [0.4, 0.5) is 0 Å². The third kappa shape index (κ3) is 3.80. The van der Waals surface area contributed by atoms with E-state index < -0.39 is 5.88 Å². The highest BCUT2D eigenvalue weighted by Gasteiger charge is 2.32. The predicted octanol–water partition coefficient (Wildman–Crippen LogP) is 3.67. The highest BCUT2D eigenvalue weighted by Crippen LogP contribution is 2.39. The van der Waals surface area contributed by atoms with Crippen LogP contribution in [-0.4, -0.2) is 21.2 Å². The molecule has 1 aliphatic carbocycles. The first-order valence-electron chi connectivity index (χ1n) is 7.55. The Morgan fingerprint density at radius 1 is 1.12 bits per heavy atom. The summed E-state index contributed by atoms with van der Waals surface area (Å²) >= 11 is 3.45. The summed E-state index contributed by atoms with van der Waals surface area (Å²) in [6.07, 6.45) is 5.13. The second-order valence-electron chi connectivity index (χ2n) is 5.73. The first-order chi connectivity index (χ1) is 11.7. The van der Waals surface area contributed by atoms with Crippen molar-refractivity contribution in [1.29, 1.82) is 0 Å². The second kappa shape index (κ2) is 7.20. The number of ether oxygens (including phenoxy) is 1. The van der Waals surface area contributed by atoms with E-state index in [1.54, 1.807) is 0 Å². The van der Waals surface area contributed by atoms with Gasteiger partial charge in [-0.15, -0.1) is 0 Å². The lowest BCUT2D eigenvalue weighted by molar-refractivity contribution is -0.277. The quantitative estimate of drug-likeness (QED) is 0.707. The van der Waals surface area contributed by atoms with Crippen LogP contribution in [-0.2, 0) is 0 Å². The predicted molar refractivity (Wildman–Crippen MR) is 93.5 cm³/mol. The molecule has 1 aromatic carbocycles. The Morgan fingerprint density at radius 3 is 2.48 bits per heavy atom. The Morgan fingerprint density at radius 2 is 1.88 bits per heavy atom. The van der Waals surface area contributed by atoms with Gasteiger partial charge in [0.05, 0.1) is 12.4 Å². The average Bonchev–Trinajstić information content (AvgIpc) is 2.99. The standard InChI is InChI=1S/C17H14BrN3O3.H3N/c18-12-3-1-10(2-4-12)11-5-13(6-11)23-17-9-19-14(8-20-17)15-7-16(22)21-24-15;/h1-4,7-9,11,13H,5-6H2,(H,21,22);1H3. The first-order valence-corrected chi connectivity index (χ1v) is 8.35. The fraction of sp³-hybridized carbons (Fsp3) is 0.235. The first kappa shape index (κ1) is 17.4. The van der Waals surface area contributed by atoms with Crippen molar-refractivity contribution in [1.82, 2.24) is 21.3 Å². The third-order valence-corrected chi connectivity index (χ3v) is 4.62. The van der Waals surface area contributed by atoms with Crippen LogP contribution in [0.1, 0.15) is 24.3 Å². The van der Waals surface area contributed by atoms with E-state index in [0.717, 1.165) is 17.3 Å². The largest absolute Gasteiger partial charge is 0.856 e. The molecule has 1 fully saturated rings. The van der Waals surface area contributed by atoms with Gasteiger partial charge in [-0.3, -0.25) is 0 Å². The van der Waals surface area contributed by atoms with Gasteiger partial charge in [-0.2, -0.15) is 0 Å². The van der Waals surface area contributed by atoms with E-state index in [4.69, 9.17) is 9.26 Å². The van der Waals surface area contributed by atoms with Crippen molar-refractivity contribution in [2.24, 2.45) is 0 Å². The number of hydrogen-bond acceptors (Lipinski definition) is 6. The Hall–Kier alpha value is -2.45. The molecule has 25 heavy (non-hydrogen) atoms. The van der Waals surface area contributed by atoms with E-state index in [9.17, 15) is 5.11 Å². The summed E-state index contributed by atoms with van der Waals surface area (Å²) in [5.74, 6) is 0.874. The zero-order chi connectivity index (χ0) is 16.5. The van der Waals surface area contributed by atoms with Crippen LogP contribution in [0, 0.1) is 0 Å². The zero-order valence-corrected chi connectivity index (χ0v) is 15.1. The maximum Gasteiger partial charge on any atom is 0.232 e. The number of halogens is 1. The Kier molecular flexibility index (Phi) is 5.00. The van der Waals surface area contributed by atoms with Gasteiger partial charge < -0.3 is 20.5 Å². The van der Waals surface area contributed by atoms with Crippen LogP contribution in [0.3, 0.4) is 0 Å².